The molecule has 0 saturated carbocycles. The van der Waals surface area contributed by atoms with Crippen LogP contribution < -0.4 is 0 Å². The molecule has 0 N–H and O–H groups in total. The Balaban J connectivity index is 1.64. The van der Waals surface area contributed by atoms with Gasteiger partial charge in [-0.3, -0.25) is 9.48 Å². The molecule has 0 saturated heterocycles. The zero-order valence-electron chi connectivity index (χ0n) is 16.5. The zero-order chi connectivity index (χ0) is 21.0. The van der Waals surface area contributed by atoms with Gasteiger partial charge in [-0.05, 0) is 36.9 Å². The van der Waals surface area contributed by atoms with Crippen LogP contribution in [0, 0.1) is 13.8 Å². The van der Waals surface area contributed by atoms with E-state index in [-0.39, 0.29) is 12.5 Å². The van der Waals surface area contributed by atoms with Crippen LogP contribution in [-0.4, -0.2) is 40.2 Å². The van der Waals surface area contributed by atoms with Crippen molar-refractivity contribution >= 4 is 34.8 Å². The predicted molar refractivity (Wildman–Crippen MR) is 113 cm³/mol. The van der Waals surface area contributed by atoms with E-state index in [1.807, 2.05) is 41.8 Å². The van der Waals surface area contributed by atoms with Gasteiger partial charge in [-0.1, -0.05) is 35.9 Å². The minimum absolute atomic E-state index is 0.259. The van der Waals surface area contributed by atoms with E-state index in [1.54, 1.807) is 41.8 Å². The average molecular weight is 432 g/mol. The first-order valence-corrected chi connectivity index (χ1v) is 10.3. The van der Waals surface area contributed by atoms with Crippen LogP contribution in [0.15, 0.2) is 41.8 Å². The molecule has 0 spiro atoms. The normalized spacial score (nSPS) is 10.8. The van der Waals surface area contributed by atoms with Gasteiger partial charge in [0, 0.05) is 16.9 Å². The van der Waals surface area contributed by atoms with Crippen molar-refractivity contribution in [2.24, 2.45) is 0 Å². The fraction of sp³-hybridized carbons (Fsp3) is 0.286. The number of likely N-dealkylation sites (N-methyl/N-ethyl adjacent to an activating group) is 1. The Morgan fingerprint density at radius 2 is 1.97 bits per heavy atom. The number of ether oxygens (including phenoxy) is 1. The molecule has 3 aromatic rings. The van der Waals surface area contributed by atoms with Crippen LogP contribution in [0.5, 0.6) is 0 Å². The van der Waals surface area contributed by atoms with Crippen molar-refractivity contribution < 1.29 is 14.3 Å². The van der Waals surface area contributed by atoms with Crippen LogP contribution >= 0.6 is 22.9 Å². The largest absolute Gasteiger partial charge is 0.452 e. The molecule has 0 aliphatic rings. The maximum atomic E-state index is 12.6. The summed E-state index contributed by atoms with van der Waals surface area (Å²) in [6.45, 7) is 4.18. The Morgan fingerprint density at radius 1 is 1.21 bits per heavy atom. The van der Waals surface area contributed by atoms with E-state index in [0.717, 1.165) is 10.4 Å². The van der Waals surface area contributed by atoms with E-state index >= 15 is 0 Å². The Hall–Kier alpha value is -2.64. The molecule has 3 rings (SSSR count). The van der Waals surface area contributed by atoms with Crippen molar-refractivity contribution in [3.05, 3.63) is 74.2 Å². The number of hydrogen-bond acceptors (Lipinski definition) is 5. The third-order valence-corrected chi connectivity index (χ3v) is 5.82. The highest BCUT2D eigenvalue weighted by Gasteiger charge is 2.22. The van der Waals surface area contributed by atoms with E-state index in [4.69, 9.17) is 16.3 Å². The first-order chi connectivity index (χ1) is 13.9. The number of hydrogen-bond donors (Lipinski definition) is 0. The number of thiophene rings is 1. The monoisotopic (exact) mass is 431 g/mol. The Labute approximate surface area is 178 Å². The number of nitrogens with zero attached hydrogens (tertiary/aromatic N) is 3. The Morgan fingerprint density at radius 3 is 2.66 bits per heavy atom. The molecule has 0 unspecified atom stereocenters. The van der Waals surface area contributed by atoms with Gasteiger partial charge in [0.2, 0.25) is 0 Å². The maximum Gasteiger partial charge on any atom is 0.342 e. The molecule has 0 fully saturated rings. The molecule has 8 heteroatoms. The fourth-order valence-electron chi connectivity index (χ4n) is 2.97. The number of rotatable bonds is 7. The van der Waals surface area contributed by atoms with Crippen LogP contribution in [0.4, 0.5) is 0 Å². The van der Waals surface area contributed by atoms with Gasteiger partial charge in [0.1, 0.15) is 5.56 Å². The second-order valence-electron chi connectivity index (χ2n) is 6.70. The standard InChI is InChI=1S/C21H22ClN3O3S/c1-14-20(15(2)25(23-14)11-16-7-4-5-9-18(16)22)21(27)28-13-19(26)24(3)12-17-8-6-10-29-17/h4-10H,11-13H2,1-3H3. The lowest BCUT2D eigenvalue weighted by Crippen LogP contribution is -2.30. The highest BCUT2D eigenvalue weighted by molar-refractivity contribution is 7.09. The Bertz CT molecular complexity index is 1010. The second kappa shape index (κ2) is 9.24. The number of aromatic nitrogens is 2. The molecule has 0 aliphatic carbocycles. The van der Waals surface area contributed by atoms with E-state index in [9.17, 15) is 9.59 Å². The minimum Gasteiger partial charge on any atom is -0.452 e. The first kappa shape index (κ1) is 21.1. The lowest BCUT2D eigenvalue weighted by atomic mass is 10.2. The molecule has 6 nitrogen and oxygen atoms in total. The number of aryl methyl sites for hydroxylation is 1. The van der Waals surface area contributed by atoms with E-state index in [2.05, 4.69) is 5.10 Å². The number of carbonyl (C=O) groups is 2. The summed E-state index contributed by atoms with van der Waals surface area (Å²) in [4.78, 5) is 27.5. The third-order valence-electron chi connectivity index (χ3n) is 4.59. The lowest BCUT2D eigenvalue weighted by Gasteiger charge is -2.16. The van der Waals surface area contributed by atoms with Gasteiger partial charge in [-0.15, -0.1) is 11.3 Å². The van der Waals surface area contributed by atoms with Gasteiger partial charge in [0.05, 0.1) is 24.5 Å². The van der Waals surface area contributed by atoms with Gasteiger partial charge in [-0.25, -0.2) is 4.79 Å². The number of esters is 1. The number of halogens is 1. The van der Waals surface area contributed by atoms with Gasteiger partial charge in [-0.2, -0.15) is 5.10 Å². The molecule has 0 aliphatic heterocycles. The molecule has 2 heterocycles. The number of amides is 1. The van der Waals surface area contributed by atoms with Crippen LogP contribution in [0.2, 0.25) is 5.02 Å². The van der Waals surface area contributed by atoms with Crippen molar-refractivity contribution in [2.75, 3.05) is 13.7 Å². The molecule has 152 valence electrons. The summed E-state index contributed by atoms with van der Waals surface area (Å²) in [6.07, 6.45) is 0. The van der Waals surface area contributed by atoms with Crippen molar-refractivity contribution in [3.8, 4) is 0 Å². The molecule has 0 bridgehead atoms. The fourth-order valence-corrected chi connectivity index (χ4v) is 3.92. The topological polar surface area (TPSA) is 64.4 Å². The summed E-state index contributed by atoms with van der Waals surface area (Å²) >= 11 is 7.80. The highest BCUT2D eigenvalue weighted by atomic mass is 35.5. The smallest absolute Gasteiger partial charge is 0.342 e. The van der Waals surface area contributed by atoms with Crippen LogP contribution in [0.25, 0.3) is 0 Å². The molecule has 0 atom stereocenters. The summed E-state index contributed by atoms with van der Waals surface area (Å²) < 4.78 is 6.99. The van der Waals surface area contributed by atoms with Gasteiger partial charge in [0.15, 0.2) is 6.61 Å². The Kier molecular flexibility index (Phi) is 6.71. The SMILES string of the molecule is Cc1nn(Cc2ccccc2Cl)c(C)c1C(=O)OCC(=O)N(C)Cc1cccs1. The molecular formula is C21H22ClN3O3S. The second-order valence-corrected chi connectivity index (χ2v) is 8.14. The van der Waals surface area contributed by atoms with Gasteiger partial charge >= 0.3 is 5.97 Å². The third kappa shape index (κ3) is 5.05. The number of benzene rings is 1. The van der Waals surface area contributed by atoms with E-state index < -0.39 is 5.97 Å². The summed E-state index contributed by atoms with van der Waals surface area (Å²) in [7, 11) is 1.69. The molecule has 1 aromatic carbocycles. The lowest BCUT2D eigenvalue weighted by molar-refractivity contribution is -0.133. The minimum atomic E-state index is -0.553. The first-order valence-electron chi connectivity index (χ1n) is 9.07. The quantitative estimate of drug-likeness (QED) is 0.529. The summed E-state index contributed by atoms with van der Waals surface area (Å²) in [5, 5.41) is 7.04. The van der Waals surface area contributed by atoms with E-state index in [1.165, 1.54) is 0 Å². The highest BCUT2D eigenvalue weighted by Crippen LogP contribution is 2.20. The van der Waals surface area contributed by atoms with Crippen molar-refractivity contribution in [2.45, 2.75) is 26.9 Å². The molecule has 1 amide bonds. The predicted octanol–water partition coefficient (Wildman–Crippen LogP) is 4.08. The van der Waals surface area contributed by atoms with Crippen molar-refractivity contribution in [1.29, 1.82) is 0 Å². The zero-order valence-corrected chi connectivity index (χ0v) is 18.1. The molecule has 2 aromatic heterocycles. The maximum absolute atomic E-state index is 12.6. The van der Waals surface area contributed by atoms with Crippen molar-refractivity contribution in [3.63, 3.8) is 0 Å². The molecule has 0 radical (unpaired) electrons. The van der Waals surface area contributed by atoms with Crippen LogP contribution in [0.1, 0.15) is 32.2 Å². The molecular weight excluding hydrogens is 410 g/mol. The van der Waals surface area contributed by atoms with Crippen molar-refractivity contribution in [1.82, 2.24) is 14.7 Å². The van der Waals surface area contributed by atoms with Crippen LogP contribution in [-0.2, 0) is 22.6 Å². The molecule has 29 heavy (non-hydrogen) atoms. The summed E-state index contributed by atoms with van der Waals surface area (Å²) in [5.74, 6) is -0.811. The summed E-state index contributed by atoms with van der Waals surface area (Å²) in [5.41, 5.74) is 2.52. The van der Waals surface area contributed by atoms with Gasteiger partial charge in [0.25, 0.3) is 5.91 Å². The summed E-state index contributed by atoms with van der Waals surface area (Å²) in [6, 6.07) is 11.4. The average Bonchev–Trinajstić information content (AvgIpc) is 3.29. The van der Waals surface area contributed by atoms with Gasteiger partial charge < -0.3 is 9.64 Å². The van der Waals surface area contributed by atoms with E-state index in [0.29, 0.717) is 35.1 Å². The number of carbonyl (C=O) groups excluding carboxylic acids is 2. The van der Waals surface area contributed by atoms with Crippen LogP contribution in [0.3, 0.4) is 0 Å².